The van der Waals surface area contributed by atoms with Crippen LogP contribution in [-0.2, 0) is 16.1 Å². The van der Waals surface area contributed by atoms with E-state index >= 15 is 0 Å². The lowest BCUT2D eigenvalue weighted by atomic mass is 10.2. The fourth-order valence-corrected chi connectivity index (χ4v) is 2.47. The Morgan fingerprint density at radius 3 is 2.90 bits per heavy atom. The van der Waals surface area contributed by atoms with E-state index in [1.165, 1.54) is 10.5 Å². The minimum atomic E-state index is -0.462. The average molecular weight is 287 g/mol. The summed E-state index contributed by atoms with van der Waals surface area (Å²) in [5.74, 6) is -0.0863. The van der Waals surface area contributed by atoms with Crippen molar-refractivity contribution in [1.82, 2.24) is 9.80 Å². The molecule has 1 saturated heterocycles. The van der Waals surface area contributed by atoms with Crippen molar-refractivity contribution in [2.24, 2.45) is 0 Å². The number of rotatable bonds is 5. The molecule has 1 atom stereocenters. The first-order valence-corrected chi connectivity index (χ1v) is 7.28. The van der Waals surface area contributed by atoms with E-state index in [1.54, 1.807) is 0 Å². The topological polar surface area (TPSA) is 56.6 Å². The second-order valence-corrected chi connectivity index (χ2v) is 5.09. The fraction of sp³-hybridized carbons (Fsp3) is 0.500. The molecule has 1 aromatic carbocycles. The number of nitrogens with zero attached hydrogens (tertiary/aromatic N) is 3. The van der Waals surface area contributed by atoms with Gasteiger partial charge in [-0.2, -0.15) is 5.26 Å². The van der Waals surface area contributed by atoms with Crippen molar-refractivity contribution in [3.63, 3.8) is 0 Å². The Hall–Kier alpha value is -1.90. The van der Waals surface area contributed by atoms with E-state index in [1.807, 2.05) is 31.2 Å². The zero-order chi connectivity index (χ0) is 15.1. The minimum Gasteiger partial charge on any atom is -0.366 e. The Labute approximate surface area is 125 Å². The van der Waals surface area contributed by atoms with Crippen LogP contribution >= 0.6 is 0 Å². The molecule has 1 heterocycles. The SMILES string of the molecule is CCN(CC#N)C(=O)[C@@H]1CN(Cc2ccccc2)CCO1. The lowest BCUT2D eigenvalue weighted by Crippen LogP contribution is -2.50. The molecule has 1 amide bonds. The maximum Gasteiger partial charge on any atom is 0.253 e. The van der Waals surface area contributed by atoms with Crippen LogP contribution in [0.15, 0.2) is 30.3 Å². The van der Waals surface area contributed by atoms with Gasteiger partial charge in [0.1, 0.15) is 12.6 Å². The maximum atomic E-state index is 12.3. The molecule has 1 aliphatic rings. The molecule has 1 fully saturated rings. The first kappa shape index (κ1) is 15.5. The summed E-state index contributed by atoms with van der Waals surface area (Å²) in [6, 6.07) is 12.2. The summed E-state index contributed by atoms with van der Waals surface area (Å²) in [7, 11) is 0. The molecule has 0 saturated carbocycles. The first-order chi connectivity index (χ1) is 10.2. The largest absolute Gasteiger partial charge is 0.366 e. The van der Waals surface area contributed by atoms with Crippen molar-refractivity contribution in [3.8, 4) is 6.07 Å². The van der Waals surface area contributed by atoms with Crippen LogP contribution in [0, 0.1) is 11.3 Å². The van der Waals surface area contributed by atoms with Crippen LogP contribution in [0.1, 0.15) is 12.5 Å². The van der Waals surface area contributed by atoms with Gasteiger partial charge in [0.2, 0.25) is 0 Å². The highest BCUT2D eigenvalue weighted by Gasteiger charge is 2.29. The van der Waals surface area contributed by atoms with Crippen LogP contribution in [0.2, 0.25) is 0 Å². The molecule has 0 N–H and O–H groups in total. The monoisotopic (exact) mass is 287 g/mol. The Balaban J connectivity index is 1.94. The second-order valence-electron chi connectivity index (χ2n) is 5.09. The molecule has 0 aliphatic carbocycles. The predicted molar refractivity (Wildman–Crippen MR) is 79.3 cm³/mol. The zero-order valence-corrected chi connectivity index (χ0v) is 12.4. The van der Waals surface area contributed by atoms with Crippen LogP contribution in [-0.4, -0.2) is 54.6 Å². The van der Waals surface area contributed by atoms with Gasteiger partial charge >= 0.3 is 0 Å². The van der Waals surface area contributed by atoms with E-state index < -0.39 is 6.10 Å². The van der Waals surface area contributed by atoms with Gasteiger partial charge in [-0.3, -0.25) is 9.69 Å². The molecule has 0 aromatic heterocycles. The van der Waals surface area contributed by atoms with Crippen molar-refractivity contribution in [2.45, 2.75) is 19.6 Å². The summed E-state index contributed by atoms with van der Waals surface area (Å²) in [6.07, 6.45) is -0.462. The molecule has 21 heavy (non-hydrogen) atoms. The normalized spacial score (nSPS) is 19.0. The molecule has 5 heteroatoms. The summed E-state index contributed by atoms with van der Waals surface area (Å²) in [6.45, 7) is 5.29. The van der Waals surface area contributed by atoms with Crippen molar-refractivity contribution in [1.29, 1.82) is 5.26 Å². The molecular formula is C16H21N3O2. The van der Waals surface area contributed by atoms with Gasteiger partial charge in [0.15, 0.2) is 0 Å². The number of hydrogen-bond acceptors (Lipinski definition) is 4. The Morgan fingerprint density at radius 1 is 1.48 bits per heavy atom. The van der Waals surface area contributed by atoms with Crippen molar-refractivity contribution in [2.75, 3.05) is 32.8 Å². The Bertz CT molecular complexity index is 498. The minimum absolute atomic E-state index is 0.0863. The predicted octanol–water partition coefficient (Wildman–Crippen LogP) is 1.26. The van der Waals surface area contributed by atoms with Crippen molar-refractivity contribution < 1.29 is 9.53 Å². The molecular weight excluding hydrogens is 266 g/mol. The third-order valence-electron chi connectivity index (χ3n) is 3.63. The molecule has 0 spiro atoms. The van der Waals surface area contributed by atoms with E-state index in [4.69, 9.17) is 10.00 Å². The smallest absolute Gasteiger partial charge is 0.253 e. The molecule has 0 bridgehead atoms. The lowest BCUT2D eigenvalue weighted by Gasteiger charge is -2.34. The zero-order valence-electron chi connectivity index (χ0n) is 12.4. The fourth-order valence-electron chi connectivity index (χ4n) is 2.47. The quantitative estimate of drug-likeness (QED) is 0.765. The lowest BCUT2D eigenvalue weighted by molar-refractivity contribution is -0.148. The summed E-state index contributed by atoms with van der Waals surface area (Å²) in [4.78, 5) is 16.1. The van der Waals surface area contributed by atoms with Gasteiger partial charge in [-0.15, -0.1) is 0 Å². The highest BCUT2D eigenvalue weighted by atomic mass is 16.5. The molecule has 5 nitrogen and oxygen atoms in total. The van der Waals surface area contributed by atoms with E-state index in [0.29, 0.717) is 19.7 Å². The highest BCUT2D eigenvalue weighted by molar-refractivity contribution is 5.81. The highest BCUT2D eigenvalue weighted by Crippen LogP contribution is 2.12. The van der Waals surface area contributed by atoms with E-state index in [9.17, 15) is 4.79 Å². The average Bonchev–Trinajstić information content (AvgIpc) is 2.53. The number of benzene rings is 1. The molecule has 1 aromatic rings. The number of carbonyl (C=O) groups excluding carboxylic acids is 1. The van der Waals surface area contributed by atoms with Crippen molar-refractivity contribution in [3.05, 3.63) is 35.9 Å². The Morgan fingerprint density at radius 2 is 2.24 bits per heavy atom. The molecule has 1 aliphatic heterocycles. The van der Waals surface area contributed by atoms with Gasteiger partial charge in [-0.05, 0) is 12.5 Å². The van der Waals surface area contributed by atoms with Crippen LogP contribution in [0.4, 0.5) is 0 Å². The van der Waals surface area contributed by atoms with E-state index in [2.05, 4.69) is 17.0 Å². The number of carbonyl (C=O) groups is 1. The summed E-state index contributed by atoms with van der Waals surface area (Å²) in [5.41, 5.74) is 1.23. The first-order valence-electron chi connectivity index (χ1n) is 7.28. The second kappa shape index (κ2) is 7.77. The molecule has 2 rings (SSSR count). The summed E-state index contributed by atoms with van der Waals surface area (Å²) in [5, 5.41) is 8.77. The van der Waals surface area contributed by atoms with Gasteiger partial charge in [-0.1, -0.05) is 30.3 Å². The summed E-state index contributed by atoms with van der Waals surface area (Å²) < 4.78 is 5.59. The number of likely N-dealkylation sites (N-methyl/N-ethyl adjacent to an activating group) is 1. The van der Waals surface area contributed by atoms with Gasteiger partial charge in [0.05, 0.1) is 12.7 Å². The number of hydrogen-bond donors (Lipinski definition) is 0. The van der Waals surface area contributed by atoms with E-state index in [0.717, 1.165) is 13.1 Å². The maximum absolute atomic E-state index is 12.3. The number of ether oxygens (including phenoxy) is 1. The van der Waals surface area contributed by atoms with Crippen LogP contribution in [0.3, 0.4) is 0 Å². The van der Waals surface area contributed by atoms with Crippen LogP contribution in [0.25, 0.3) is 0 Å². The van der Waals surface area contributed by atoms with Gasteiger partial charge in [0.25, 0.3) is 5.91 Å². The number of morpholine rings is 1. The molecule has 0 radical (unpaired) electrons. The van der Waals surface area contributed by atoms with Crippen LogP contribution < -0.4 is 0 Å². The third-order valence-corrected chi connectivity index (χ3v) is 3.63. The number of amides is 1. The van der Waals surface area contributed by atoms with Gasteiger partial charge < -0.3 is 9.64 Å². The number of nitriles is 1. The Kier molecular flexibility index (Phi) is 5.73. The van der Waals surface area contributed by atoms with Gasteiger partial charge in [-0.25, -0.2) is 0 Å². The van der Waals surface area contributed by atoms with Crippen molar-refractivity contribution >= 4 is 5.91 Å². The van der Waals surface area contributed by atoms with Gasteiger partial charge in [0, 0.05) is 26.2 Å². The molecule has 0 unspecified atom stereocenters. The van der Waals surface area contributed by atoms with E-state index in [-0.39, 0.29) is 12.5 Å². The van der Waals surface area contributed by atoms with Crippen LogP contribution in [0.5, 0.6) is 0 Å². The third kappa shape index (κ3) is 4.28. The standard InChI is InChI=1S/C16H21N3O2/c1-2-19(9-8-17)16(20)15-13-18(10-11-21-15)12-14-6-4-3-5-7-14/h3-7,15H,2,9-13H2,1H3/t15-/m0/s1. The summed E-state index contributed by atoms with van der Waals surface area (Å²) >= 11 is 0. The molecule has 112 valence electrons.